The van der Waals surface area contributed by atoms with E-state index < -0.39 is 4.92 Å². The molecule has 0 aliphatic carbocycles. The van der Waals surface area contributed by atoms with Crippen LogP contribution >= 0.6 is 11.6 Å². The van der Waals surface area contributed by atoms with E-state index in [4.69, 9.17) is 11.6 Å². The molecule has 2 aromatic rings. The number of rotatable bonds is 4. The molecule has 0 fully saturated rings. The van der Waals surface area contributed by atoms with Gasteiger partial charge in [-0.2, -0.15) is 0 Å². The fourth-order valence-electron chi connectivity index (χ4n) is 1.72. The third-order valence-electron chi connectivity index (χ3n) is 2.84. The van der Waals surface area contributed by atoms with Crippen molar-refractivity contribution in [2.75, 3.05) is 17.7 Å². The quantitative estimate of drug-likeness (QED) is 0.668. The molecule has 108 valence electrons. The molecule has 6 nitrogen and oxygen atoms in total. The standard InChI is InChI=1S/C14H12ClN3O3/c1-16-10-4-2-9(3-5-10)14(19)17-11-6-7-12(15)13(8-11)18(20)21/h2-8,16H,1H3,(H,17,19). The first kappa shape index (κ1) is 14.8. The molecular formula is C14H12ClN3O3. The average Bonchev–Trinajstić information content (AvgIpc) is 2.49. The third kappa shape index (κ3) is 3.49. The second-order valence-corrected chi connectivity index (χ2v) is 4.61. The minimum Gasteiger partial charge on any atom is -0.388 e. The van der Waals surface area contributed by atoms with Crippen LogP contribution in [0.1, 0.15) is 10.4 Å². The molecule has 0 spiro atoms. The van der Waals surface area contributed by atoms with Crippen molar-refractivity contribution < 1.29 is 9.72 Å². The molecule has 7 heteroatoms. The van der Waals surface area contributed by atoms with Crippen LogP contribution in [0.25, 0.3) is 0 Å². The first-order valence-electron chi connectivity index (χ1n) is 6.04. The van der Waals surface area contributed by atoms with Gasteiger partial charge in [-0.05, 0) is 36.4 Å². The molecule has 0 heterocycles. The second kappa shape index (κ2) is 6.23. The molecule has 21 heavy (non-hydrogen) atoms. The van der Waals surface area contributed by atoms with Crippen molar-refractivity contribution in [2.24, 2.45) is 0 Å². The number of hydrogen-bond acceptors (Lipinski definition) is 4. The number of nitro benzene ring substituents is 1. The van der Waals surface area contributed by atoms with Gasteiger partial charge in [0.05, 0.1) is 4.92 Å². The van der Waals surface area contributed by atoms with Gasteiger partial charge in [-0.15, -0.1) is 0 Å². The lowest BCUT2D eigenvalue weighted by molar-refractivity contribution is -0.384. The molecule has 0 aliphatic heterocycles. The van der Waals surface area contributed by atoms with Crippen LogP contribution < -0.4 is 10.6 Å². The number of hydrogen-bond donors (Lipinski definition) is 2. The Kier molecular flexibility index (Phi) is 4.39. The summed E-state index contributed by atoms with van der Waals surface area (Å²) in [6.07, 6.45) is 0. The topological polar surface area (TPSA) is 84.3 Å². The lowest BCUT2D eigenvalue weighted by Gasteiger charge is -2.06. The fourth-order valence-corrected chi connectivity index (χ4v) is 1.91. The van der Waals surface area contributed by atoms with Crippen LogP contribution in [0.5, 0.6) is 0 Å². The molecular weight excluding hydrogens is 294 g/mol. The summed E-state index contributed by atoms with van der Waals surface area (Å²) in [7, 11) is 1.78. The smallest absolute Gasteiger partial charge is 0.289 e. The van der Waals surface area contributed by atoms with E-state index in [0.717, 1.165) is 5.69 Å². The van der Waals surface area contributed by atoms with Crippen LogP contribution in [0, 0.1) is 10.1 Å². The number of nitrogens with one attached hydrogen (secondary N) is 2. The maximum absolute atomic E-state index is 12.0. The van der Waals surface area contributed by atoms with Gasteiger partial charge >= 0.3 is 0 Å². The van der Waals surface area contributed by atoms with Crippen molar-refractivity contribution in [1.82, 2.24) is 0 Å². The lowest BCUT2D eigenvalue weighted by atomic mass is 10.2. The Labute approximate surface area is 125 Å². The van der Waals surface area contributed by atoms with Gasteiger partial charge in [0.25, 0.3) is 11.6 Å². The van der Waals surface area contributed by atoms with Crippen molar-refractivity contribution >= 4 is 34.6 Å². The molecule has 0 radical (unpaired) electrons. The van der Waals surface area contributed by atoms with Crippen LogP contribution in [0.2, 0.25) is 5.02 Å². The van der Waals surface area contributed by atoms with Crippen molar-refractivity contribution in [1.29, 1.82) is 0 Å². The maximum atomic E-state index is 12.0. The zero-order valence-corrected chi connectivity index (χ0v) is 11.8. The second-order valence-electron chi connectivity index (χ2n) is 4.20. The van der Waals surface area contributed by atoms with E-state index in [1.807, 2.05) is 0 Å². The molecule has 0 atom stereocenters. The summed E-state index contributed by atoms with van der Waals surface area (Å²) in [6.45, 7) is 0. The van der Waals surface area contributed by atoms with Gasteiger partial charge in [-0.1, -0.05) is 11.6 Å². The number of anilines is 2. The molecule has 0 aliphatic rings. The summed E-state index contributed by atoms with van der Waals surface area (Å²) in [5, 5.41) is 16.4. The SMILES string of the molecule is CNc1ccc(C(=O)Nc2ccc(Cl)c([N+](=O)[O-])c2)cc1. The summed E-state index contributed by atoms with van der Waals surface area (Å²) in [5.41, 5.74) is 1.40. The Bertz CT molecular complexity index is 686. The summed E-state index contributed by atoms with van der Waals surface area (Å²) < 4.78 is 0. The van der Waals surface area contributed by atoms with Crippen LogP contribution in [0.3, 0.4) is 0 Å². The highest BCUT2D eigenvalue weighted by atomic mass is 35.5. The van der Waals surface area contributed by atoms with E-state index in [9.17, 15) is 14.9 Å². The minimum atomic E-state index is -0.598. The predicted octanol–water partition coefficient (Wildman–Crippen LogP) is 3.54. The number of carbonyl (C=O) groups excluding carboxylic acids is 1. The molecule has 0 aromatic heterocycles. The number of benzene rings is 2. The number of halogens is 1. The predicted molar refractivity (Wildman–Crippen MR) is 82.0 cm³/mol. The first-order valence-corrected chi connectivity index (χ1v) is 6.42. The highest BCUT2D eigenvalue weighted by molar-refractivity contribution is 6.32. The molecule has 0 saturated carbocycles. The Morgan fingerprint density at radius 3 is 2.33 bits per heavy atom. The van der Waals surface area contributed by atoms with Gasteiger partial charge in [0.1, 0.15) is 5.02 Å². The highest BCUT2D eigenvalue weighted by Gasteiger charge is 2.14. The van der Waals surface area contributed by atoms with Crippen molar-refractivity contribution in [2.45, 2.75) is 0 Å². The summed E-state index contributed by atoms with van der Waals surface area (Å²) in [5.74, 6) is -0.353. The number of amides is 1. The Morgan fingerprint density at radius 1 is 1.14 bits per heavy atom. The fraction of sp³-hybridized carbons (Fsp3) is 0.0714. The largest absolute Gasteiger partial charge is 0.388 e. The number of carbonyl (C=O) groups is 1. The number of nitro groups is 1. The minimum absolute atomic E-state index is 0.0244. The van der Waals surface area contributed by atoms with Crippen LogP contribution in [0.15, 0.2) is 42.5 Å². The van der Waals surface area contributed by atoms with Crippen LogP contribution in [0.4, 0.5) is 17.1 Å². The normalized spacial score (nSPS) is 10.0. The highest BCUT2D eigenvalue weighted by Crippen LogP contribution is 2.27. The molecule has 1 amide bonds. The molecule has 0 saturated heterocycles. The van der Waals surface area contributed by atoms with Gasteiger partial charge < -0.3 is 10.6 Å². The monoisotopic (exact) mass is 305 g/mol. The third-order valence-corrected chi connectivity index (χ3v) is 3.16. The van der Waals surface area contributed by atoms with Gasteiger partial charge in [0.15, 0.2) is 0 Å². The molecule has 2 aromatic carbocycles. The van der Waals surface area contributed by atoms with E-state index in [1.54, 1.807) is 31.3 Å². The Morgan fingerprint density at radius 2 is 1.76 bits per heavy atom. The van der Waals surface area contributed by atoms with Crippen LogP contribution in [-0.4, -0.2) is 17.9 Å². The maximum Gasteiger partial charge on any atom is 0.289 e. The van der Waals surface area contributed by atoms with Gasteiger partial charge in [0.2, 0.25) is 0 Å². The summed E-state index contributed by atoms with van der Waals surface area (Å²) in [6, 6.07) is 11.0. The van der Waals surface area contributed by atoms with Crippen molar-refractivity contribution in [3.63, 3.8) is 0 Å². The van der Waals surface area contributed by atoms with E-state index in [1.165, 1.54) is 18.2 Å². The molecule has 2 rings (SSSR count). The van der Waals surface area contributed by atoms with E-state index in [2.05, 4.69) is 10.6 Å². The van der Waals surface area contributed by atoms with Crippen molar-refractivity contribution in [3.05, 3.63) is 63.2 Å². The first-order chi connectivity index (χ1) is 10.0. The number of nitrogens with zero attached hydrogens (tertiary/aromatic N) is 1. The van der Waals surface area contributed by atoms with E-state index >= 15 is 0 Å². The van der Waals surface area contributed by atoms with E-state index in [-0.39, 0.29) is 16.6 Å². The molecule has 2 N–H and O–H groups in total. The van der Waals surface area contributed by atoms with E-state index in [0.29, 0.717) is 11.3 Å². The molecule has 0 bridgehead atoms. The average molecular weight is 306 g/mol. The van der Waals surface area contributed by atoms with Gasteiger partial charge in [0, 0.05) is 30.1 Å². The molecule has 0 unspecified atom stereocenters. The zero-order chi connectivity index (χ0) is 15.4. The van der Waals surface area contributed by atoms with Gasteiger partial charge in [-0.25, -0.2) is 0 Å². The Hall–Kier alpha value is -2.60. The summed E-state index contributed by atoms with van der Waals surface area (Å²) in [4.78, 5) is 22.2. The zero-order valence-electron chi connectivity index (χ0n) is 11.1. The van der Waals surface area contributed by atoms with Crippen molar-refractivity contribution in [3.8, 4) is 0 Å². The van der Waals surface area contributed by atoms with Crippen LogP contribution in [-0.2, 0) is 0 Å². The van der Waals surface area contributed by atoms with Gasteiger partial charge in [-0.3, -0.25) is 14.9 Å². The summed E-state index contributed by atoms with van der Waals surface area (Å²) >= 11 is 5.72. The Balaban J connectivity index is 2.19. The lowest BCUT2D eigenvalue weighted by Crippen LogP contribution is -2.12.